The molecule has 0 aliphatic carbocycles. The highest BCUT2D eigenvalue weighted by atomic mass is 16.5. The van der Waals surface area contributed by atoms with Crippen LogP contribution in [0.5, 0.6) is 11.8 Å². The van der Waals surface area contributed by atoms with Crippen LogP contribution in [0.3, 0.4) is 0 Å². The normalized spacial score (nSPS) is 14.7. The third-order valence-corrected chi connectivity index (χ3v) is 5.39. The van der Waals surface area contributed by atoms with Crippen molar-refractivity contribution in [1.82, 2.24) is 39.5 Å². The summed E-state index contributed by atoms with van der Waals surface area (Å²) in [6.45, 7) is 2.13. The number of methoxy groups -OCH3 is 2. The Balaban J connectivity index is 1.40. The van der Waals surface area contributed by atoms with Crippen LogP contribution in [0, 0.1) is 0 Å². The predicted molar refractivity (Wildman–Crippen MR) is 116 cm³/mol. The Labute approximate surface area is 188 Å². The lowest BCUT2D eigenvalue weighted by Crippen LogP contribution is -2.14. The third-order valence-electron chi connectivity index (χ3n) is 5.39. The molecule has 0 radical (unpaired) electrons. The minimum Gasteiger partial charge on any atom is -0.480 e. The topological polar surface area (TPSA) is 135 Å². The minimum absolute atomic E-state index is 0.144. The highest BCUT2D eigenvalue weighted by molar-refractivity contribution is 6.05. The van der Waals surface area contributed by atoms with Gasteiger partial charge in [-0.1, -0.05) is 6.07 Å². The van der Waals surface area contributed by atoms with Crippen LogP contribution in [0.1, 0.15) is 35.6 Å². The van der Waals surface area contributed by atoms with Gasteiger partial charge in [0.1, 0.15) is 22.9 Å². The largest absolute Gasteiger partial charge is 0.480 e. The summed E-state index contributed by atoms with van der Waals surface area (Å²) in [5.74, 6) is 2.51. The molecule has 12 heteroatoms. The number of carbonyl (C=O) groups excluding carboxylic acids is 1. The zero-order valence-electron chi connectivity index (χ0n) is 18.3. The molecule has 1 aliphatic rings. The van der Waals surface area contributed by atoms with Gasteiger partial charge in [-0.05, 0) is 25.5 Å². The fraction of sp³-hybridized carbons (Fsp3) is 0.286. The Morgan fingerprint density at radius 3 is 2.79 bits per heavy atom. The molecule has 0 unspecified atom stereocenters. The Bertz CT molecular complexity index is 1310. The zero-order valence-corrected chi connectivity index (χ0v) is 18.3. The van der Waals surface area contributed by atoms with Crippen molar-refractivity contribution in [2.45, 2.75) is 25.8 Å². The lowest BCUT2D eigenvalue weighted by molar-refractivity contribution is 0.102. The van der Waals surface area contributed by atoms with Crippen molar-refractivity contribution in [3.8, 4) is 29.1 Å². The van der Waals surface area contributed by atoms with E-state index < -0.39 is 5.91 Å². The number of pyridine rings is 1. The first-order valence-electron chi connectivity index (χ1n) is 10.3. The second-order valence-corrected chi connectivity index (χ2v) is 7.47. The van der Waals surface area contributed by atoms with E-state index in [1.54, 1.807) is 6.07 Å². The summed E-state index contributed by atoms with van der Waals surface area (Å²) in [5.41, 5.74) is 0.857. The van der Waals surface area contributed by atoms with Gasteiger partial charge in [-0.2, -0.15) is 0 Å². The second-order valence-electron chi connectivity index (χ2n) is 7.47. The number of ether oxygens (including phenoxy) is 2. The van der Waals surface area contributed by atoms with Gasteiger partial charge in [-0.15, -0.1) is 15.3 Å². The summed E-state index contributed by atoms with van der Waals surface area (Å²) in [7, 11) is 2.94. The number of nitrogens with zero attached hydrogens (tertiary/aromatic N) is 8. The molecule has 4 aromatic heterocycles. The number of amides is 1. The monoisotopic (exact) mass is 447 g/mol. The summed E-state index contributed by atoms with van der Waals surface area (Å²) in [5, 5.41) is 15.6. The smallest absolute Gasteiger partial charge is 0.263 e. The number of rotatable bonds is 6. The van der Waals surface area contributed by atoms with Gasteiger partial charge < -0.3 is 19.4 Å². The fourth-order valence-corrected chi connectivity index (χ4v) is 3.73. The van der Waals surface area contributed by atoms with Gasteiger partial charge in [0.25, 0.3) is 5.91 Å². The Morgan fingerprint density at radius 1 is 1.15 bits per heavy atom. The summed E-state index contributed by atoms with van der Waals surface area (Å²) in [6.07, 6.45) is 6.38. The van der Waals surface area contributed by atoms with Crippen molar-refractivity contribution >= 4 is 11.7 Å². The molecule has 1 amide bonds. The maximum atomic E-state index is 13.0. The Hall–Kier alpha value is -4.35. The molecule has 12 nitrogen and oxygen atoms in total. The standard InChI is InChI=1S/C21H21N9O3/c1-12-7-8-16-26-27-19(30(12)16)14-5-4-6-15(24-14)25-20(31)13-11-29(28-21(13)33-3)17-9-23-18(32-2)10-22-17/h4-6,9-12H,7-8H2,1-3H3,(H,24,25,31)/t12-/m1/s1. The van der Waals surface area contributed by atoms with Gasteiger partial charge in [0.05, 0.1) is 26.6 Å². The predicted octanol–water partition coefficient (Wildman–Crippen LogP) is 2.09. The Kier molecular flexibility index (Phi) is 5.17. The van der Waals surface area contributed by atoms with Crippen LogP contribution >= 0.6 is 0 Å². The molecule has 0 fully saturated rings. The second kappa shape index (κ2) is 8.30. The molecule has 1 aliphatic heterocycles. The number of aryl methyl sites for hydroxylation is 1. The summed E-state index contributed by atoms with van der Waals surface area (Å²) < 4.78 is 13.8. The van der Waals surface area contributed by atoms with Gasteiger partial charge in [0.2, 0.25) is 11.8 Å². The van der Waals surface area contributed by atoms with E-state index in [2.05, 4.69) is 47.1 Å². The first kappa shape index (κ1) is 20.5. The van der Waals surface area contributed by atoms with Gasteiger partial charge in [0.15, 0.2) is 11.6 Å². The van der Waals surface area contributed by atoms with Crippen LogP contribution in [0.4, 0.5) is 5.82 Å². The molecule has 1 atom stereocenters. The average Bonchev–Trinajstić information content (AvgIpc) is 3.55. The number of nitrogens with one attached hydrogen (secondary N) is 1. The highest BCUT2D eigenvalue weighted by Crippen LogP contribution is 2.30. The molecule has 1 N–H and O–H groups in total. The van der Waals surface area contributed by atoms with E-state index in [0.717, 1.165) is 18.7 Å². The van der Waals surface area contributed by atoms with E-state index in [-0.39, 0.29) is 11.4 Å². The van der Waals surface area contributed by atoms with Crippen LogP contribution in [-0.2, 0) is 6.42 Å². The van der Waals surface area contributed by atoms with Crippen molar-refractivity contribution in [2.24, 2.45) is 0 Å². The maximum Gasteiger partial charge on any atom is 0.263 e. The molecule has 5 rings (SSSR count). The zero-order chi connectivity index (χ0) is 22.9. The van der Waals surface area contributed by atoms with Crippen molar-refractivity contribution in [3.63, 3.8) is 0 Å². The quantitative estimate of drug-likeness (QED) is 0.471. The molecule has 0 saturated carbocycles. The van der Waals surface area contributed by atoms with Crippen LogP contribution in [0.15, 0.2) is 36.8 Å². The molecular weight excluding hydrogens is 426 g/mol. The number of carbonyl (C=O) groups is 1. The number of fused-ring (bicyclic) bond motifs is 1. The molecule has 4 aromatic rings. The summed E-state index contributed by atoms with van der Waals surface area (Å²) in [4.78, 5) is 25.9. The molecule has 0 spiro atoms. The number of hydrogen-bond acceptors (Lipinski definition) is 9. The SMILES string of the molecule is COc1cnc(-n2cc(C(=O)Nc3cccc(-c4nnc5n4[C@H](C)CC5)n3)c(OC)n2)cn1. The molecule has 0 bridgehead atoms. The van der Waals surface area contributed by atoms with E-state index in [1.165, 1.54) is 37.5 Å². The van der Waals surface area contributed by atoms with E-state index in [0.29, 0.717) is 35.1 Å². The van der Waals surface area contributed by atoms with Crippen molar-refractivity contribution < 1.29 is 14.3 Å². The highest BCUT2D eigenvalue weighted by Gasteiger charge is 2.25. The lowest BCUT2D eigenvalue weighted by Gasteiger charge is -2.10. The average molecular weight is 447 g/mol. The number of hydrogen-bond donors (Lipinski definition) is 1. The first-order valence-corrected chi connectivity index (χ1v) is 10.3. The molecule has 33 heavy (non-hydrogen) atoms. The number of anilines is 1. The van der Waals surface area contributed by atoms with Gasteiger partial charge >= 0.3 is 0 Å². The van der Waals surface area contributed by atoms with E-state index in [1.807, 2.05) is 12.1 Å². The van der Waals surface area contributed by atoms with Gasteiger partial charge in [-0.3, -0.25) is 4.79 Å². The summed E-state index contributed by atoms with van der Waals surface area (Å²) >= 11 is 0. The van der Waals surface area contributed by atoms with Crippen molar-refractivity contribution in [3.05, 3.63) is 48.2 Å². The molecule has 0 aromatic carbocycles. The summed E-state index contributed by atoms with van der Waals surface area (Å²) in [6, 6.07) is 5.67. The van der Waals surface area contributed by atoms with E-state index in [9.17, 15) is 4.79 Å². The number of aromatic nitrogens is 8. The van der Waals surface area contributed by atoms with Crippen LogP contribution < -0.4 is 14.8 Å². The first-order chi connectivity index (χ1) is 16.1. The van der Waals surface area contributed by atoms with E-state index in [4.69, 9.17) is 9.47 Å². The lowest BCUT2D eigenvalue weighted by atomic mass is 10.2. The molecule has 168 valence electrons. The van der Waals surface area contributed by atoms with Gasteiger partial charge in [0, 0.05) is 18.7 Å². The van der Waals surface area contributed by atoms with E-state index >= 15 is 0 Å². The molecular formula is C21H21N9O3. The van der Waals surface area contributed by atoms with Gasteiger partial charge in [-0.25, -0.2) is 19.6 Å². The maximum absolute atomic E-state index is 13.0. The van der Waals surface area contributed by atoms with Crippen LogP contribution in [0.2, 0.25) is 0 Å². The van der Waals surface area contributed by atoms with Crippen LogP contribution in [0.25, 0.3) is 17.3 Å². The molecule has 0 saturated heterocycles. The van der Waals surface area contributed by atoms with Crippen LogP contribution in [-0.4, -0.2) is 59.6 Å². The molecule has 5 heterocycles. The Morgan fingerprint density at radius 2 is 2.03 bits per heavy atom. The third kappa shape index (κ3) is 3.75. The van der Waals surface area contributed by atoms with Crippen molar-refractivity contribution in [1.29, 1.82) is 0 Å². The van der Waals surface area contributed by atoms with Crippen molar-refractivity contribution in [2.75, 3.05) is 19.5 Å². The minimum atomic E-state index is -0.427. The fourth-order valence-electron chi connectivity index (χ4n) is 3.73.